The summed E-state index contributed by atoms with van der Waals surface area (Å²) in [5.74, 6) is -0.171. The number of sulfonamides is 1. The summed E-state index contributed by atoms with van der Waals surface area (Å²) in [4.78, 5) is 15.2. The largest absolute Gasteiger partial charge is 0.379 e. The van der Waals surface area contributed by atoms with Crippen LogP contribution in [0.3, 0.4) is 0 Å². The highest BCUT2D eigenvalue weighted by molar-refractivity contribution is 7.89. The number of amides is 1. The van der Waals surface area contributed by atoms with Gasteiger partial charge in [0.05, 0.1) is 23.0 Å². The summed E-state index contributed by atoms with van der Waals surface area (Å²) in [5.41, 5.74) is 2.67. The summed E-state index contributed by atoms with van der Waals surface area (Å²) < 4.78 is 32.6. The van der Waals surface area contributed by atoms with E-state index in [9.17, 15) is 13.2 Å². The molecule has 0 saturated carbocycles. The highest BCUT2D eigenvalue weighted by Crippen LogP contribution is 2.30. The molecule has 162 valence electrons. The second-order valence-electron chi connectivity index (χ2n) is 7.92. The summed E-state index contributed by atoms with van der Waals surface area (Å²) in [6, 6.07) is 6.94. The third-order valence-electron chi connectivity index (χ3n) is 5.79. The molecule has 1 N–H and O–H groups in total. The van der Waals surface area contributed by atoms with E-state index in [0.717, 1.165) is 18.4 Å². The molecule has 0 atom stereocenters. The number of carbonyl (C=O) groups is 1. The monoisotopic (exact) mass is 448 g/mol. The minimum absolute atomic E-state index is 0.171. The summed E-state index contributed by atoms with van der Waals surface area (Å²) in [5, 5.41) is 2.95. The van der Waals surface area contributed by atoms with Crippen LogP contribution in [0.15, 0.2) is 29.2 Å². The van der Waals surface area contributed by atoms with E-state index in [1.54, 1.807) is 29.5 Å². The average molecular weight is 449 g/mol. The molecule has 1 aliphatic heterocycles. The van der Waals surface area contributed by atoms with Crippen molar-refractivity contribution in [2.75, 3.05) is 31.6 Å². The molecule has 8 heteroatoms. The topological polar surface area (TPSA) is 75.7 Å². The first kappa shape index (κ1) is 21.5. The highest BCUT2D eigenvalue weighted by atomic mass is 32.2. The van der Waals surface area contributed by atoms with E-state index in [2.05, 4.69) is 5.32 Å². The molecule has 1 aromatic heterocycles. The van der Waals surface area contributed by atoms with Crippen LogP contribution in [0.4, 0.5) is 5.69 Å². The maximum Gasteiger partial charge on any atom is 0.265 e. The zero-order valence-corrected chi connectivity index (χ0v) is 18.9. The van der Waals surface area contributed by atoms with E-state index < -0.39 is 10.0 Å². The van der Waals surface area contributed by atoms with Gasteiger partial charge in [-0.15, -0.1) is 11.3 Å². The number of benzene rings is 1. The molecule has 0 unspecified atom stereocenters. The van der Waals surface area contributed by atoms with Gasteiger partial charge in [0.1, 0.15) is 0 Å². The second-order valence-corrected chi connectivity index (χ2v) is 11.0. The lowest BCUT2D eigenvalue weighted by molar-refractivity contribution is 0.0730. The quantitative estimate of drug-likeness (QED) is 0.767. The van der Waals surface area contributed by atoms with Gasteiger partial charge in [0.2, 0.25) is 10.0 Å². The molecule has 1 aliphatic carbocycles. The van der Waals surface area contributed by atoms with Gasteiger partial charge in [0, 0.05) is 23.7 Å². The molecule has 0 radical (unpaired) electrons. The van der Waals surface area contributed by atoms with Crippen LogP contribution in [0, 0.1) is 6.92 Å². The number of aryl methyl sites for hydroxylation is 3. The minimum atomic E-state index is -3.61. The van der Waals surface area contributed by atoms with E-state index in [0.29, 0.717) is 36.9 Å². The van der Waals surface area contributed by atoms with Gasteiger partial charge in [0.15, 0.2) is 0 Å². The number of nitrogens with zero attached hydrogens (tertiary/aromatic N) is 1. The number of hydrogen-bond donors (Lipinski definition) is 1. The second kappa shape index (κ2) is 9.18. The van der Waals surface area contributed by atoms with Gasteiger partial charge in [-0.2, -0.15) is 4.31 Å². The highest BCUT2D eigenvalue weighted by Gasteiger charge is 2.27. The van der Waals surface area contributed by atoms with Gasteiger partial charge in [-0.3, -0.25) is 4.79 Å². The Morgan fingerprint density at radius 2 is 1.80 bits per heavy atom. The third kappa shape index (κ3) is 4.61. The van der Waals surface area contributed by atoms with Crippen LogP contribution in [0.2, 0.25) is 0 Å². The van der Waals surface area contributed by atoms with E-state index in [1.807, 2.05) is 13.0 Å². The first-order valence-electron chi connectivity index (χ1n) is 10.6. The molecule has 1 saturated heterocycles. The smallest absolute Gasteiger partial charge is 0.265 e. The Bertz CT molecular complexity index is 998. The van der Waals surface area contributed by atoms with Crippen LogP contribution in [-0.2, 0) is 27.6 Å². The van der Waals surface area contributed by atoms with Crippen molar-refractivity contribution in [3.05, 3.63) is 45.1 Å². The lowest BCUT2D eigenvalue weighted by Crippen LogP contribution is -2.40. The van der Waals surface area contributed by atoms with Crippen molar-refractivity contribution >= 4 is 33.0 Å². The standard InChI is InChI=1S/C22H28N2O4S2/c1-16-8-9-18(30(26,27)24-10-12-28-13-11-24)15-19(16)23-22(25)21-14-17-6-4-2-3-5-7-20(17)29-21/h8-9,14-15H,2-7,10-13H2,1H3,(H,23,25). The molecule has 0 bridgehead atoms. The number of nitrogens with one attached hydrogen (secondary N) is 1. The summed E-state index contributed by atoms with van der Waals surface area (Å²) in [7, 11) is -3.61. The predicted molar refractivity (Wildman–Crippen MR) is 119 cm³/mol. The Kier molecular flexibility index (Phi) is 6.57. The maximum atomic E-state index is 13.0. The molecule has 1 fully saturated rings. The van der Waals surface area contributed by atoms with Crippen LogP contribution >= 0.6 is 11.3 Å². The molecule has 4 rings (SSSR count). The Morgan fingerprint density at radius 3 is 2.57 bits per heavy atom. The predicted octanol–water partition coefficient (Wildman–Crippen LogP) is 3.99. The third-order valence-corrected chi connectivity index (χ3v) is 8.92. The number of anilines is 1. The number of rotatable bonds is 4. The van der Waals surface area contributed by atoms with Crippen LogP contribution in [0.1, 0.15) is 51.4 Å². The fourth-order valence-corrected chi connectivity index (χ4v) is 6.56. The molecule has 1 amide bonds. The Labute approximate surface area is 182 Å². The Hall–Kier alpha value is -1.74. The minimum Gasteiger partial charge on any atom is -0.379 e. The van der Waals surface area contributed by atoms with Crippen LogP contribution in [-0.4, -0.2) is 44.9 Å². The molecule has 2 aromatic rings. The lowest BCUT2D eigenvalue weighted by Gasteiger charge is -2.26. The van der Waals surface area contributed by atoms with Crippen LogP contribution in [0.5, 0.6) is 0 Å². The molecular formula is C22H28N2O4S2. The van der Waals surface area contributed by atoms with Crippen molar-refractivity contribution in [3.63, 3.8) is 0 Å². The number of carbonyl (C=O) groups excluding carboxylic acids is 1. The number of ether oxygens (including phenoxy) is 1. The van der Waals surface area contributed by atoms with Crippen molar-refractivity contribution in [3.8, 4) is 0 Å². The van der Waals surface area contributed by atoms with E-state index in [1.165, 1.54) is 40.4 Å². The molecule has 30 heavy (non-hydrogen) atoms. The zero-order valence-electron chi connectivity index (χ0n) is 17.3. The fraction of sp³-hybridized carbons (Fsp3) is 0.500. The molecular weight excluding hydrogens is 420 g/mol. The number of thiophene rings is 1. The lowest BCUT2D eigenvalue weighted by atomic mass is 10.00. The normalized spacial score (nSPS) is 18.3. The Balaban J connectivity index is 1.55. The molecule has 0 spiro atoms. The average Bonchev–Trinajstić information content (AvgIpc) is 3.12. The van der Waals surface area contributed by atoms with Crippen LogP contribution in [0.25, 0.3) is 0 Å². The van der Waals surface area contributed by atoms with E-state index >= 15 is 0 Å². The van der Waals surface area contributed by atoms with Crippen molar-refractivity contribution < 1.29 is 17.9 Å². The van der Waals surface area contributed by atoms with Gasteiger partial charge < -0.3 is 10.1 Å². The summed E-state index contributed by atoms with van der Waals surface area (Å²) in [6.07, 6.45) is 6.92. The van der Waals surface area contributed by atoms with Gasteiger partial charge in [-0.05, 0) is 61.9 Å². The maximum absolute atomic E-state index is 13.0. The molecule has 6 nitrogen and oxygen atoms in total. The first-order chi connectivity index (χ1) is 14.4. The zero-order chi connectivity index (χ0) is 21.1. The van der Waals surface area contributed by atoms with Crippen molar-refractivity contribution in [2.45, 2.75) is 50.3 Å². The summed E-state index contributed by atoms with van der Waals surface area (Å²) in [6.45, 7) is 3.36. The SMILES string of the molecule is Cc1ccc(S(=O)(=O)N2CCOCC2)cc1NC(=O)c1cc2c(s1)CCCCCC2. The van der Waals surface area contributed by atoms with Gasteiger partial charge in [-0.1, -0.05) is 18.9 Å². The van der Waals surface area contributed by atoms with Gasteiger partial charge in [0.25, 0.3) is 5.91 Å². The molecule has 2 aliphatic rings. The molecule has 2 heterocycles. The van der Waals surface area contributed by atoms with Crippen molar-refractivity contribution in [2.24, 2.45) is 0 Å². The Morgan fingerprint density at radius 1 is 1.07 bits per heavy atom. The van der Waals surface area contributed by atoms with Gasteiger partial charge in [-0.25, -0.2) is 8.42 Å². The number of morpholine rings is 1. The van der Waals surface area contributed by atoms with Crippen molar-refractivity contribution in [1.29, 1.82) is 0 Å². The fourth-order valence-electron chi connectivity index (χ4n) is 3.97. The van der Waals surface area contributed by atoms with E-state index in [-0.39, 0.29) is 10.8 Å². The van der Waals surface area contributed by atoms with Crippen molar-refractivity contribution in [1.82, 2.24) is 4.31 Å². The molecule has 1 aromatic carbocycles. The van der Waals surface area contributed by atoms with Gasteiger partial charge >= 0.3 is 0 Å². The number of fused-ring (bicyclic) bond motifs is 1. The van der Waals surface area contributed by atoms with Crippen LogP contribution < -0.4 is 5.32 Å². The van der Waals surface area contributed by atoms with E-state index in [4.69, 9.17) is 4.74 Å². The summed E-state index contributed by atoms with van der Waals surface area (Å²) >= 11 is 1.57. The number of hydrogen-bond acceptors (Lipinski definition) is 5. The first-order valence-corrected chi connectivity index (χ1v) is 12.8.